The summed E-state index contributed by atoms with van der Waals surface area (Å²) in [5, 5.41) is 0. The monoisotopic (exact) mass is 288 g/mol. The van der Waals surface area contributed by atoms with Crippen molar-refractivity contribution in [2.45, 2.75) is 38.6 Å². The summed E-state index contributed by atoms with van der Waals surface area (Å²) in [6.45, 7) is 4.82. The third kappa shape index (κ3) is 3.92. The van der Waals surface area contributed by atoms with Crippen molar-refractivity contribution in [1.29, 1.82) is 0 Å². The predicted molar refractivity (Wildman–Crippen MR) is 74.7 cm³/mol. The van der Waals surface area contributed by atoms with Gasteiger partial charge >= 0.3 is 0 Å². The molecule has 2 rings (SSSR count). The van der Waals surface area contributed by atoms with Gasteiger partial charge in [0, 0.05) is 19.6 Å². The van der Waals surface area contributed by atoms with Gasteiger partial charge in [-0.2, -0.15) is 0 Å². The smallest absolute Gasteiger partial charge is 0.239 e. The molecule has 0 radical (unpaired) electrons. The maximum atomic E-state index is 12.4. The Morgan fingerprint density at radius 3 is 2.32 bits per heavy atom. The van der Waals surface area contributed by atoms with E-state index in [0.29, 0.717) is 19.5 Å². The molecule has 2 fully saturated rings. The largest absolute Gasteiger partial charge is 0.341 e. The van der Waals surface area contributed by atoms with E-state index in [1.54, 1.807) is 0 Å². The first-order chi connectivity index (χ1) is 8.99. The molecule has 0 aromatic carbocycles. The first kappa shape index (κ1) is 14.8. The molecular formula is C13H24N2O3S. The molecule has 6 heteroatoms. The number of hydrogen-bond donors (Lipinski definition) is 0. The summed E-state index contributed by atoms with van der Waals surface area (Å²) in [6, 6.07) is -0.189. The quantitative estimate of drug-likeness (QED) is 0.743. The van der Waals surface area contributed by atoms with E-state index in [1.807, 2.05) is 16.7 Å². The first-order valence-electron chi connectivity index (χ1n) is 7.23. The van der Waals surface area contributed by atoms with Gasteiger partial charge in [0.05, 0.1) is 17.5 Å². The van der Waals surface area contributed by atoms with Gasteiger partial charge in [0.25, 0.3) is 0 Å². The van der Waals surface area contributed by atoms with Gasteiger partial charge in [0.2, 0.25) is 5.91 Å². The van der Waals surface area contributed by atoms with E-state index in [9.17, 15) is 13.2 Å². The van der Waals surface area contributed by atoms with Crippen LogP contribution in [0.4, 0.5) is 0 Å². The molecule has 2 aliphatic heterocycles. The van der Waals surface area contributed by atoms with E-state index in [1.165, 1.54) is 6.42 Å². The molecule has 0 N–H and O–H groups in total. The minimum Gasteiger partial charge on any atom is -0.341 e. The lowest BCUT2D eigenvalue weighted by Crippen LogP contribution is -2.49. The van der Waals surface area contributed by atoms with Crippen LogP contribution in [-0.4, -0.2) is 67.9 Å². The van der Waals surface area contributed by atoms with Gasteiger partial charge in [-0.15, -0.1) is 0 Å². The van der Waals surface area contributed by atoms with E-state index in [4.69, 9.17) is 0 Å². The van der Waals surface area contributed by atoms with Crippen molar-refractivity contribution in [3.05, 3.63) is 0 Å². The van der Waals surface area contributed by atoms with Gasteiger partial charge in [-0.3, -0.25) is 9.69 Å². The van der Waals surface area contributed by atoms with Crippen LogP contribution in [0.5, 0.6) is 0 Å². The van der Waals surface area contributed by atoms with E-state index in [-0.39, 0.29) is 23.5 Å². The molecule has 2 heterocycles. The zero-order chi connectivity index (χ0) is 13.9. The normalized spacial score (nSPS) is 26.7. The molecule has 0 aliphatic carbocycles. The van der Waals surface area contributed by atoms with Crippen LogP contribution in [-0.2, 0) is 14.6 Å². The van der Waals surface area contributed by atoms with Gasteiger partial charge in [0.1, 0.15) is 0 Å². The molecule has 19 heavy (non-hydrogen) atoms. The standard InChI is InChI=1S/C13H24N2O3S/c1-12(13(16)15-6-3-2-4-7-15)14-8-5-10-19(17,18)11-9-14/h12H,2-11H2,1H3/t12-/m1/s1. The molecule has 2 aliphatic rings. The number of hydrogen-bond acceptors (Lipinski definition) is 4. The molecule has 0 saturated carbocycles. The summed E-state index contributed by atoms with van der Waals surface area (Å²) in [5.41, 5.74) is 0. The van der Waals surface area contributed by atoms with Crippen LogP contribution >= 0.6 is 0 Å². The molecule has 1 atom stereocenters. The van der Waals surface area contributed by atoms with Crippen molar-refractivity contribution in [3.63, 3.8) is 0 Å². The third-order valence-electron chi connectivity index (χ3n) is 4.16. The van der Waals surface area contributed by atoms with Crippen LogP contribution in [0.25, 0.3) is 0 Å². The fourth-order valence-corrected chi connectivity index (χ4v) is 4.17. The highest BCUT2D eigenvalue weighted by atomic mass is 32.2. The second kappa shape index (κ2) is 6.22. The number of carbonyl (C=O) groups is 1. The second-order valence-electron chi connectivity index (χ2n) is 5.60. The zero-order valence-corrected chi connectivity index (χ0v) is 12.5. The lowest BCUT2D eigenvalue weighted by atomic mass is 10.1. The summed E-state index contributed by atoms with van der Waals surface area (Å²) < 4.78 is 23.2. The van der Waals surface area contributed by atoms with Crippen LogP contribution in [0.1, 0.15) is 32.6 Å². The zero-order valence-electron chi connectivity index (χ0n) is 11.7. The number of piperidine rings is 1. The van der Waals surface area contributed by atoms with E-state index in [2.05, 4.69) is 0 Å². The van der Waals surface area contributed by atoms with Crippen LogP contribution in [0.3, 0.4) is 0 Å². The SMILES string of the molecule is C[C@H](C(=O)N1CCCCC1)N1CCCS(=O)(=O)CC1. The highest BCUT2D eigenvalue weighted by molar-refractivity contribution is 7.91. The van der Waals surface area contributed by atoms with Crippen molar-refractivity contribution >= 4 is 15.7 Å². The minimum absolute atomic E-state index is 0.166. The van der Waals surface area contributed by atoms with Gasteiger partial charge in [-0.25, -0.2) is 8.42 Å². The Hall–Kier alpha value is -0.620. The molecule has 0 spiro atoms. The molecule has 5 nitrogen and oxygen atoms in total. The maximum absolute atomic E-state index is 12.4. The number of amides is 1. The summed E-state index contributed by atoms with van der Waals surface area (Å²) >= 11 is 0. The molecule has 2 saturated heterocycles. The van der Waals surface area contributed by atoms with E-state index in [0.717, 1.165) is 25.9 Å². The lowest BCUT2D eigenvalue weighted by molar-refractivity contribution is -0.137. The van der Waals surface area contributed by atoms with Gasteiger partial charge in [-0.05, 0) is 39.2 Å². The summed E-state index contributed by atoms with van der Waals surface area (Å²) in [4.78, 5) is 16.4. The Kier molecular flexibility index (Phi) is 4.84. The molecule has 0 unspecified atom stereocenters. The van der Waals surface area contributed by atoms with Crippen LogP contribution in [0.15, 0.2) is 0 Å². The van der Waals surface area contributed by atoms with Gasteiger partial charge < -0.3 is 4.90 Å². The third-order valence-corrected chi connectivity index (χ3v) is 5.88. The Labute approximate surface area is 115 Å². The fourth-order valence-electron chi connectivity index (χ4n) is 2.88. The van der Waals surface area contributed by atoms with E-state index >= 15 is 0 Å². The highest BCUT2D eigenvalue weighted by Gasteiger charge is 2.29. The Morgan fingerprint density at radius 1 is 0.947 bits per heavy atom. The number of likely N-dealkylation sites (tertiary alicyclic amines) is 1. The molecule has 0 aromatic heterocycles. The predicted octanol–water partition coefficient (Wildman–Crippen LogP) is 0.508. The number of sulfone groups is 1. The number of rotatable bonds is 2. The average molecular weight is 288 g/mol. The van der Waals surface area contributed by atoms with Crippen molar-refractivity contribution in [3.8, 4) is 0 Å². The lowest BCUT2D eigenvalue weighted by Gasteiger charge is -2.33. The molecule has 110 valence electrons. The number of carbonyl (C=O) groups excluding carboxylic acids is 1. The Bertz CT molecular complexity index is 416. The molecule has 0 bridgehead atoms. The topological polar surface area (TPSA) is 57.7 Å². The number of nitrogens with zero attached hydrogens (tertiary/aromatic N) is 2. The summed E-state index contributed by atoms with van der Waals surface area (Å²) in [7, 11) is -2.90. The summed E-state index contributed by atoms with van der Waals surface area (Å²) in [6.07, 6.45) is 4.03. The summed E-state index contributed by atoms with van der Waals surface area (Å²) in [5.74, 6) is 0.609. The van der Waals surface area contributed by atoms with Gasteiger partial charge in [-0.1, -0.05) is 0 Å². The van der Waals surface area contributed by atoms with Crippen molar-refractivity contribution in [1.82, 2.24) is 9.80 Å². The Morgan fingerprint density at radius 2 is 1.63 bits per heavy atom. The van der Waals surface area contributed by atoms with Crippen LogP contribution < -0.4 is 0 Å². The van der Waals surface area contributed by atoms with E-state index < -0.39 is 9.84 Å². The highest BCUT2D eigenvalue weighted by Crippen LogP contribution is 2.14. The van der Waals surface area contributed by atoms with Crippen LogP contribution in [0.2, 0.25) is 0 Å². The second-order valence-corrected chi connectivity index (χ2v) is 7.91. The maximum Gasteiger partial charge on any atom is 0.239 e. The molecular weight excluding hydrogens is 264 g/mol. The van der Waals surface area contributed by atoms with Gasteiger partial charge in [0.15, 0.2) is 9.84 Å². The fraction of sp³-hybridized carbons (Fsp3) is 0.923. The minimum atomic E-state index is -2.90. The Balaban J connectivity index is 1.94. The van der Waals surface area contributed by atoms with Crippen LogP contribution in [0, 0.1) is 0 Å². The van der Waals surface area contributed by atoms with Crippen molar-refractivity contribution < 1.29 is 13.2 Å². The van der Waals surface area contributed by atoms with Crippen molar-refractivity contribution in [2.75, 3.05) is 37.7 Å². The van der Waals surface area contributed by atoms with Crippen molar-refractivity contribution in [2.24, 2.45) is 0 Å². The molecule has 1 amide bonds. The molecule has 0 aromatic rings. The average Bonchev–Trinajstić information content (AvgIpc) is 2.59. The first-order valence-corrected chi connectivity index (χ1v) is 9.05.